The number of hydrogen-bond acceptors (Lipinski definition) is 0. The van der Waals surface area contributed by atoms with Crippen molar-refractivity contribution in [1.29, 1.82) is 0 Å². The van der Waals surface area contributed by atoms with Crippen molar-refractivity contribution >= 4 is 15.6 Å². The summed E-state index contributed by atoms with van der Waals surface area (Å²) in [6.07, 6.45) is 4.51. The van der Waals surface area contributed by atoms with Crippen molar-refractivity contribution in [2.45, 2.75) is 45.7 Å². The molecule has 0 saturated carbocycles. The molecule has 0 aromatic heterocycles. The Kier molecular flexibility index (Phi) is 11.8. The predicted octanol–water partition coefficient (Wildman–Crippen LogP) is 2.76. The molecule has 4 aromatic rings. The molecule has 0 heterocycles. The molecular formula is C33H31Cl2SiZr. The summed E-state index contributed by atoms with van der Waals surface area (Å²) in [5, 5.41) is 0. The van der Waals surface area contributed by atoms with Crippen LogP contribution in [0.5, 0.6) is 0 Å². The van der Waals surface area contributed by atoms with Crippen LogP contribution in [0.1, 0.15) is 52.6 Å². The van der Waals surface area contributed by atoms with Crippen LogP contribution in [-0.4, -0.2) is 9.52 Å². The topological polar surface area (TPSA) is 0 Å². The van der Waals surface area contributed by atoms with E-state index in [-0.39, 0.29) is 51.0 Å². The first-order valence-corrected chi connectivity index (χ1v) is 14.3. The molecular weight excluding hydrogens is 587 g/mol. The van der Waals surface area contributed by atoms with Crippen LogP contribution in [0.25, 0.3) is 28.3 Å². The zero-order chi connectivity index (χ0) is 23.7. The fourth-order valence-electron chi connectivity index (χ4n) is 5.47. The molecule has 0 aliphatic heterocycles. The minimum absolute atomic E-state index is 0. The molecule has 3 radical (unpaired) electrons. The molecule has 185 valence electrons. The first kappa shape index (κ1) is 31.5. The fraction of sp³-hybridized carbons (Fsp3) is 0.212. The molecule has 0 N–H and O–H groups in total. The van der Waals surface area contributed by atoms with Gasteiger partial charge >= 0.3 is 26.2 Å². The minimum atomic E-state index is 0. The second-order valence-electron chi connectivity index (χ2n) is 9.30. The van der Waals surface area contributed by atoms with E-state index >= 15 is 0 Å². The van der Waals surface area contributed by atoms with E-state index < -0.39 is 0 Å². The molecule has 0 amide bonds. The van der Waals surface area contributed by atoms with Crippen molar-refractivity contribution < 1.29 is 51.0 Å². The average Bonchev–Trinajstić information content (AvgIpc) is 3.43. The van der Waals surface area contributed by atoms with Crippen LogP contribution in [0, 0.1) is 13.0 Å². The largest absolute Gasteiger partial charge is 3.00 e. The van der Waals surface area contributed by atoms with Crippen molar-refractivity contribution in [3.05, 3.63) is 124 Å². The molecule has 0 saturated heterocycles. The van der Waals surface area contributed by atoms with Gasteiger partial charge in [-0.05, 0) is 53.1 Å². The Morgan fingerprint density at radius 3 is 2.22 bits per heavy atom. The Labute approximate surface area is 256 Å². The molecule has 2 aliphatic rings. The van der Waals surface area contributed by atoms with Crippen molar-refractivity contribution in [2.24, 2.45) is 0 Å². The van der Waals surface area contributed by atoms with Gasteiger partial charge in [-0.25, -0.2) is 0 Å². The molecule has 1 unspecified atom stereocenters. The summed E-state index contributed by atoms with van der Waals surface area (Å²) in [7, 11) is 1.08. The monoisotopic (exact) mass is 615 g/mol. The van der Waals surface area contributed by atoms with E-state index in [2.05, 4.69) is 118 Å². The number of aryl methyl sites for hydroxylation is 1. The van der Waals surface area contributed by atoms with Gasteiger partial charge in [-0.1, -0.05) is 104 Å². The zero-order valence-corrected chi connectivity index (χ0v) is 26.8. The van der Waals surface area contributed by atoms with Crippen molar-refractivity contribution in [3.8, 4) is 22.3 Å². The molecule has 0 fully saturated rings. The first-order valence-electron chi connectivity index (χ1n) is 12.3. The molecule has 0 spiro atoms. The number of rotatable bonds is 3. The summed E-state index contributed by atoms with van der Waals surface area (Å²) in [5.41, 5.74) is 15.3. The third-order valence-corrected chi connectivity index (χ3v) is 7.02. The van der Waals surface area contributed by atoms with E-state index in [0.717, 1.165) is 22.4 Å². The van der Waals surface area contributed by atoms with E-state index in [1.807, 2.05) is 0 Å². The van der Waals surface area contributed by atoms with Gasteiger partial charge in [0.25, 0.3) is 0 Å². The number of fused-ring (bicyclic) bond motifs is 4. The summed E-state index contributed by atoms with van der Waals surface area (Å²) in [6, 6.07) is 32.6. The molecule has 4 aromatic carbocycles. The van der Waals surface area contributed by atoms with Crippen molar-refractivity contribution in [2.75, 3.05) is 0 Å². The summed E-state index contributed by atoms with van der Waals surface area (Å²) in [5.74, 6) is 0.301. The number of allylic oxidation sites excluding steroid dienone is 1. The Morgan fingerprint density at radius 2 is 1.51 bits per heavy atom. The van der Waals surface area contributed by atoms with Crippen molar-refractivity contribution in [3.63, 3.8) is 0 Å². The molecule has 0 bridgehead atoms. The van der Waals surface area contributed by atoms with E-state index in [0.29, 0.717) is 5.92 Å². The van der Waals surface area contributed by atoms with Gasteiger partial charge in [0.15, 0.2) is 0 Å². The minimum Gasteiger partial charge on any atom is -1.00 e. The second kappa shape index (κ2) is 13.9. The van der Waals surface area contributed by atoms with Crippen LogP contribution in [0.4, 0.5) is 0 Å². The van der Waals surface area contributed by atoms with E-state index in [9.17, 15) is 0 Å². The average molecular weight is 618 g/mol. The van der Waals surface area contributed by atoms with Gasteiger partial charge in [0.05, 0.1) is 0 Å². The van der Waals surface area contributed by atoms with Crippen LogP contribution < -0.4 is 24.8 Å². The zero-order valence-electron chi connectivity index (χ0n) is 21.8. The number of hydrogen-bond donors (Lipinski definition) is 0. The first-order chi connectivity index (χ1) is 16.7. The quantitative estimate of drug-likeness (QED) is 0.216. The van der Waals surface area contributed by atoms with Gasteiger partial charge in [0.1, 0.15) is 0 Å². The van der Waals surface area contributed by atoms with Gasteiger partial charge < -0.3 is 24.8 Å². The maximum absolute atomic E-state index is 3.68. The molecule has 0 nitrogen and oxygen atoms in total. The van der Waals surface area contributed by atoms with Gasteiger partial charge in [0, 0.05) is 15.4 Å². The predicted molar refractivity (Wildman–Crippen MR) is 148 cm³/mol. The maximum atomic E-state index is 3.68. The van der Waals surface area contributed by atoms with Gasteiger partial charge in [-0.15, -0.1) is 16.7 Å². The van der Waals surface area contributed by atoms with Crippen LogP contribution in [0.3, 0.4) is 0 Å². The normalized spacial score (nSPS) is 13.8. The molecule has 2 aliphatic carbocycles. The molecule has 37 heavy (non-hydrogen) atoms. The molecule has 1 atom stereocenters. The van der Waals surface area contributed by atoms with Gasteiger partial charge in [-0.3, -0.25) is 0 Å². The third kappa shape index (κ3) is 5.99. The standard InChI is InChI=1S/C31H25.C2H6Si.2ClH.Zr/c1-3-21-18-29-24(22-16-14-20(2)15-17-22)10-6-12-27(29)31(21)28-13-7-11-26-25-9-5-4-8-23(25)19-30(26)28;1-3-2;;;/h4-12,14-18,31H,3,19H2,1-2H3;1-2H3;2*1H;/q-1;;;;+3/p-2. The summed E-state index contributed by atoms with van der Waals surface area (Å²) in [4.78, 5) is 0. The molecule has 6 rings (SSSR count). The molecule has 4 heteroatoms. The van der Waals surface area contributed by atoms with Crippen LogP contribution in [0.15, 0.2) is 84.4 Å². The van der Waals surface area contributed by atoms with E-state index in [1.54, 1.807) is 0 Å². The summed E-state index contributed by atoms with van der Waals surface area (Å²) in [6.45, 7) is 8.74. The maximum Gasteiger partial charge on any atom is 3.00 e. The Morgan fingerprint density at radius 1 is 0.838 bits per heavy atom. The van der Waals surface area contributed by atoms with Crippen LogP contribution in [0.2, 0.25) is 13.1 Å². The van der Waals surface area contributed by atoms with E-state index in [4.69, 9.17) is 0 Å². The number of halogens is 2. The second-order valence-corrected chi connectivity index (χ2v) is 10.3. The number of benzene rings is 4. The smallest absolute Gasteiger partial charge is 1.00 e. The van der Waals surface area contributed by atoms with Crippen LogP contribution in [-0.2, 0) is 32.6 Å². The fourth-order valence-corrected chi connectivity index (χ4v) is 5.47. The third-order valence-electron chi connectivity index (χ3n) is 7.02. The van der Waals surface area contributed by atoms with Crippen molar-refractivity contribution in [1.82, 2.24) is 0 Å². The Hall–Kier alpha value is -1.70. The SMILES string of the molecule is CCC1=Cc2c(-c3ccc(C)cc3)cccc2C1c1[c-]ccc2c1Cc1ccccc1-2.C[Si]C.[Cl-].[Cl-].[Zr+3]. The summed E-state index contributed by atoms with van der Waals surface area (Å²) < 4.78 is 0. The van der Waals surface area contributed by atoms with Gasteiger partial charge in [0.2, 0.25) is 0 Å². The Bertz CT molecular complexity index is 1380. The van der Waals surface area contributed by atoms with Gasteiger partial charge in [-0.2, -0.15) is 18.2 Å². The van der Waals surface area contributed by atoms with Crippen LogP contribution >= 0.6 is 0 Å². The Balaban J connectivity index is 0.000000767. The summed E-state index contributed by atoms with van der Waals surface area (Å²) >= 11 is 0. The van der Waals surface area contributed by atoms with E-state index in [1.165, 1.54) is 61.2 Å².